The van der Waals surface area contributed by atoms with Crippen molar-refractivity contribution in [2.45, 2.75) is 6.42 Å². The highest BCUT2D eigenvalue weighted by Crippen LogP contribution is 2.48. The van der Waals surface area contributed by atoms with Gasteiger partial charge in [0.1, 0.15) is 0 Å². The first kappa shape index (κ1) is 65.7. The molecule has 0 fully saturated rings. The summed E-state index contributed by atoms with van der Waals surface area (Å²) in [6.45, 7) is 0. The van der Waals surface area contributed by atoms with Crippen molar-refractivity contribution in [3.05, 3.63) is 375 Å². The van der Waals surface area contributed by atoms with E-state index in [2.05, 4.69) is 252 Å². The molecule has 114 heavy (non-hydrogen) atoms. The Kier molecular flexibility index (Phi) is 15.4. The van der Waals surface area contributed by atoms with E-state index in [4.69, 9.17) is 29.9 Å². The minimum atomic E-state index is 0.636. The Bertz CT molecular complexity index is 7700. The van der Waals surface area contributed by atoms with Gasteiger partial charge in [-0.15, -0.1) is 34.0 Å². The molecule has 23 aromatic rings. The highest BCUT2D eigenvalue weighted by atomic mass is 32.1. The molecule has 1 aliphatic carbocycles. The Morgan fingerprint density at radius 3 is 1.04 bits per heavy atom. The second-order valence-electron chi connectivity index (χ2n) is 29.3. The summed E-state index contributed by atoms with van der Waals surface area (Å²) in [5.41, 5.74) is 22.9. The van der Waals surface area contributed by atoms with Crippen LogP contribution in [0.15, 0.2) is 364 Å². The van der Waals surface area contributed by atoms with Crippen molar-refractivity contribution in [2.24, 2.45) is 0 Å². The van der Waals surface area contributed by atoms with Crippen LogP contribution in [0.1, 0.15) is 11.1 Å². The molecule has 0 saturated carbocycles. The Balaban J connectivity index is 0.000000135. The molecule has 7 heterocycles. The van der Waals surface area contributed by atoms with Crippen LogP contribution in [0.5, 0.6) is 0 Å². The number of para-hydroxylation sites is 2. The topological polar surface area (TPSA) is 87.2 Å². The Hall–Kier alpha value is -14.2. The molecule has 0 atom stereocenters. The first-order valence-electron chi connectivity index (χ1n) is 38.3. The molecule has 8 nitrogen and oxygen atoms in total. The number of benzene rings is 16. The van der Waals surface area contributed by atoms with Gasteiger partial charge in [-0.3, -0.25) is 0 Å². The van der Waals surface area contributed by atoms with Gasteiger partial charge >= 0.3 is 0 Å². The van der Waals surface area contributed by atoms with E-state index in [9.17, 15) is 0 Å². The third-order valence-corrected chi connectivity index (χ3v) is 25.9. The molecule has 0 aliphatic heterocycles. The lowest BCUT2D eigenvalue weighted by Crippen LogP contribution is -2.01. The summed E-state index contributed by atoms with van der Waals surface area (Å²) >= 11 is 5.66. The van der Waals surface area contributed by atoms with Gasteiger partial charge < -0.3 is 9.13 Å². The molecule has 0 bridgehead atoms. The van der Waals surface area contributed by atoms with Crippen LogP contribution < -0.4 is 0 Å². The number of rotatable bonds is 10. The van der Waals surface area contributed by atoms with Crippen LogP contribution in [0.2, 0.25) is 0 Å². The van der Waals surface area contributed by atoms with Gasteiger partial charge in [0.15, 0.2) is 34.9 Å². The molecule has 0 amide bonds. The second kappa shape index (κ2) is 26.8. The van der Waals surface area contributed by atoms with Crippen molar-refractivity contribution in [3.63, 3.8) is 0 Å². The van der Waals surface area contributed by atoms with E-state index in [0.717, 1.165) is 62.2 Å². The van der Waals surface area contributed by atoms with E-state index in [1.165, 1.54) is 138 Å². The van der Waals surface area contributed by atoms with E-state index in [-0.39, 0.29) is 0 Å². The third-order valence-electron chi connectivity index (χ3n) is 22.5. The summed E-state index contributed by atoms with van der Waals surface area (Å²) in [6, 6.07) is 130. The predicted octanol–water partition coefficient (Wildman–Crippen LogP) is 27.9. The average Bonchev–Trinajstić information content (AvgIpc) is 1.60. The number of nitrogens with zero attached hydrogens (tertiary/aromatic N) is 8. The van der Waals surface area contributed by atoms with Crippen LogP contribution in [0.4, 0.5) is 0 Å². The van der Waals surface area contributed by atoms with Gasteiger partial charge in [0.05, 0.1) is 22.1 Å². The second-order valence-corrected chi connectivity index (χ2v) is 32.5. The normalized spacial score (nSPS) is 12.0. The molecule has 24 rings (SSSR count). The number of fused-ring (bicyclic) bond motifs is 18. The Labute approximate surface area is 666 Å². The first-order valence-corrected chi connectivity index (χ1v) is 40.8. The Morgan fingerprint density at radius 2 is 0.526 bits per heavy atom. The van der Waals surface area contributed by atoms with Gasteiger partial charge in [-0.25, -0.2) is 29.9 Å². The maximum Gasteiger partial charge on any atom is 0.164 e. The minimum absolute atomic E-state index is 0.636. The molecule has 7 aromatic heterocycles. The van der Waals surface area contributed by atoms with Crippen LogP contribution >= 0.6 is 34.0 Å². The van der Waals surface area contributed by atoms with E-state index in [1.54, 1.807) is 0 Å². The Morgan fingerprint density at radius 1 is 0.184 bits per heavy atom. The van der Waals surface area contributed by atoms with Gasteiger partial charge in [-0.05, 0) is 178 Å². The third kappa shape index (κ3) is 11.2. The zero-order valence-corrected chi connectivity index (χ0v) is 63.6. The summed E-state index contributed by atoms with van der Waals surface area (Å²) in [6.07, 6.45) is 0.978. The van der Waals surface area contributed by atoms with Gasteiger partial charge in [0, 0.05) is 127 Å². The molecule has 0 spiro atoms. The molecular weight excluding hydrogens is 1450 g/mol. The van der Waals surface area contributed by atoms with Crippen LogP contribution in [0, 0.1) is 0 Å². The summed E-state index contributed by atoms with van der Waals surface area (Å²) in [4.78, 5) is 29.7. The standard InChI is InChI=1S/C52H32N4S.C51H30N4S2/c1-3-11-32(12-4-1)50-53-51(33-13-5-2-6-14-33)55-52(54-50)34-21-24-39(25-22-34)56-46-17-9-7-15-40(46)44-29-36(23-26-47(44)56)35-19-20-37-27-38-30-45-41-16-8-10-18-48(41)57-49(45)31-43(38)42(37)28-35;1-3-12-31(13-4-1)49-52-50(32-14-5-2-6-15-32)54-51(53-49)35-16-11-17-36(26-35)55-43-20-9-7-18-37(43)39-27-33(22-24-44(39)55)34-23-25-46-40(28-34)42-30-47-41(29-48(42)57-46)38-19-8-10-21-45(38)56-47/h1-26,28-31H,27H2;1-30H. The predicted molar refractivity (Wildman–Crippen MR) is 479 cm³/mol. The average molecular weight is 1510 g/mol. The van der Waals surface area contributed by atoms with Crippen LogP contribution in [0.3, 0.4) is 0 Å². The van der Waals surface area contributed by atoms with Crippen molar-refractivity contribution in [3.8, 4) is 113 Å². The van der Waals surface area contributed by atoms with E-state index in [1.807, 2.05) is 155 Å². The SMILES string of the molecule is c1ccc(-c2nc(-c3ccccc3)nc(-c3ccc(-n4c5ccccc5c5cc(-c6ccc7c(c6)-c6cc8sc9ccccc9c8cc6C7)ccc54)cc3)n2)cc1.c1ccc(-c2nc(-c3ccccc3)nc(-c3cccc(-n4c5ccccc5c5cc(-c6ccc7sc8cc9c(cc8c7c6)sc6ccccc69)ccc54)c3)n2)cc1. The number of hydrogen-bond donors (Lipinski definition) is 0. The van der Waals surface area contributed by atoms with E-state index < -0.39 is 0 Å². The number of hydrogen-bond acceptors (Lipinski definition) is 9. The summed E-state index contributed by atoms with van der Waals surface area (Å²) in [7, 11) is 0. The lowest BCUT2D eigenvalue weighted by atomic mass is 9.97. The van der Waals surface area contributed by atoms with Gasteiger partial charge in [-0.1, -0.05) is 237 Å². The largest absolute Gasteiger partial charge is 0.309 e. The summed E-state index contributed by atoms with van der Waals surface area (Å²) < 4.78 is 12.8. The fourth-order valence-corrected chi connectivity index (χ4v) is 20.4. The van der Waals surface area contributed by atoms with Crippen LogP contribution in [0.25, 0.3) is 217 Å². The smallest absolute Gasteiger partial charge is 0.164 e. The van der Waals surface area contributed by atoms with Crippen molar-refractivity contribution in [1.82, 2.24) is 39.0 Å². The number of aromatic nitrogens is 8. The van der Waals surface area contributed by atoms with Gasteiger partial charge in [0.25, 0.3) is 0 Å². The molecule has 0 saturated heterocycles. The summed E-state index contributed by atoms with van der Waals surface area (Å²) in [5.74, 6) is 3.89. The van der Waals surface area contributed by atoms with Crippen molar-refractivity contribution >= 4 is 138 Å². The minimum Gasteiger partial charge on any atom is -0.309 e. The van der Waals surface area contributed by atoms with Crippen LogP contribution in [-0.2, 0) is 6.42 Å². The lowest BCUT2D eigenvalue weighted by Gasteiger charge is -2.12. The highest BCUT2D eigenvalue weighted by molar-refractivity contribution is 7.27. The lowest BCUT2D eigenvalue weighted by molar-refractivity contribution is 1.07. The fraction of sp³-hybridized carbons (Fsp3) is 0.00971. The summed E-state index contributed by atoms with van der Waals surface area (Å²) in [5, 5.41) is 13.0. The molecule has 1 aliphatic rings. The zero-order chi connectivity index (χ0) is 74.9. The molecule has 0 radical (unpaired) electrons. The van der Waals surface area contributed by atoms with Gasteiger partial charge in [-0.2, -0.15) is 0 Å². The molecule has 11 heteroatoms. The van der Waals surface area contributed by atoms with Crippen molar-refractivity contribution < 1.29 is 0 Å². The van der Waals surface area contributed by atoms with Crippen molar-refractivity contribution in [1.29, 1.82) is 0 Å². The monoisotopic (exact) mass is 1510 g/mol. The molecule has 16 aromatic carbocycles. The fourth-order valence-electron chi connectivity index (χ4n) is 17.0. The number of thiophene rings is 3. The maximum atomic E-state index is 5.02. The van der Waals surface area contributed by atoms with E-state index >= 15 is 0 Å². The quantitative estimate of drug-likeness (QED) is 0.136. The van der Waals surface area contributed by atoms with E-state index in [0.29, 0.717) is 34.9 Å². The first-order chi connectivity index (χ1) is 56.4. The highest BCUT2D eigenvalue weighted by Gasteiger charge is 2.24. The molecular formula is C103H62N8S3. The molecule has 532 valence electrons. The van der Waals surface area contributed by atoms with Gasteiger partial charge in [0.2, 0.25) is 0 Å². The molecule has 0 N–H and O–H groups in total. The molecule has 0 unspecified atom stereocenters. The van der Waals surface area contributed by atoms with Crippen molar-refractivity contribution in [2.75, 3.05) is 0 Å². The maximum absolute atomic E-state index is 5.02. The van der Waals surface area contributed by atoms with Crippen LogP contribution in [-0.4, -0.2) is 39.0 Å². The zero-order valence-electron chi connectivity index (χ0n) is 61.2.